The molecule has 0 unspecified atom stereocenters. The predicted octanol–water partition coefficient (Wildman–Crippen LogP) is 2.92. The Labute approximate surface area is 109 Å². The maximum absolute atomic E-state index is 12.8. The summed E-state index contributed by atoms with van der Waals surface area (Å²) in [6.07, 6.45) is 3.52. The predicted molar refractivity (Wildman–Crippen MR) is 69.3 cm³/mol. The van der Waals surface area contributed by atoms with Gasteiger partial charge in [-0.25, -0.2) is 9.37 Å². The number of aromatic nitrogens is 2. The van der Waals surface area contributed by atoms with Gasteiger partial charge in [-0.1, -0.05) is 11.8 Å². The van der Waals surface area contributed by atoms with Crippen molar-refractivity contribution in [3.8, 4) is 0 Å². The summed E-state index contributed by atoms with van der Waals surface area (Å²) in [5.74, 6) is -0.362. The highest BCUT2D eigenvalue weighted by Gasteiger charge is 2.18. The van der Waals surface area contributed by atoms with Gasteiger partial charge in [-0.05, 0) is 31.2 Å². The fourth-order valence-electron chi connectivity index (χ4n) is 1.53. The van der Waals surface area contributed by atoms with Crippen LogP contribution in [0, 0.1) is 5.82 Å². The lowest BCUT2D eigenvalue weighted by Crippen LogP contribution is -2.14. The van der Waals surface area contributed by atoms with Crippen LogP contribution in [-0.2, 0) is 7.05 Å². The first kappa shape index (κ1) is 12.8. The zero-order chi connectivity index (χ0) is 13.1. The summed E-state index contributed by atoms with van der Waals surface area (Å²) in [7, 11) is 1.88. The second-order valence-corrected chi connectivity index (χ2v) is 5.26. The topological polar surface area (TPSA) is 34.9 Å². The number of Topliss-reactive ketones (excluding diaryl/α,β-unsaturated/α-hetero) is 1. The van der Waals surface area contributed by atoms with Gasteiger partial charge in [0, 0.05) is 25.0 Å². The minimum atomic E-state index is -0.337. The van der Waals surface area contributed by atoms with E-state index < -0.39 is 0 Å². The first-order valence-electron chi connectivity index (χ1n) is 5.51. The van der Waals surface area contributed by atoms with E-state index in [2.05, 4.69) is 4.98 Å². The van der Waals surface area contributed by atoms with E-state index in [0.29, 0.717) is 5.56 Å². The van der Waals surface area contributed by atoms with Crippen molar-refractivity contribution < 1.29 is 9.18 Å². The Kier molecular flexibility index (Phi) is 3.81. The second-order valence-electron chi connectivity index (χ2n) is 3.95. The van der Waals surface area contributed by atoms with Gasteiger partial charge in [-0.15, -0.1) is 0 Å². The molecule has 0 aliphatic rings. The van der Waals surface area contributed by atoms with Crippen molar-refractivity contribution in [2.75, 3.05) is 0 Å². The third-order valence-corrected chi connectivity index (χ3v) is 3.73. The molecule has 0 radical (unpaired) electrons. The molecule has 0 aliphatic carbocycles. The normalized spacial score (nSPS) is 12.4. The van der Waals surface area contributed by atoms with Crippen molar-refractivity contribution in [2.45, 2.75) is 17.3 Å². The summed E-state index contributed by atoms with van der Waals surface area (Å²) in [6.45, 7) is 1.82. The Morgan fingerprint density at radius 3 is 2.61 bits per heavy atom. The molecule has 0 amide bonds. The van der Waals surface area contributed by atoms with Gasteiger partial charge in [0.05, 0.1) is 5.25 Å². The highest BCUT2D eigenvalue weighted by Crippen LogP contribution is 2.23. The van der Waals surface area contributed by atoms with Crippen LogP contribution in [0.25, 0.3) is 0 Å². The third kappa shape index (κ3) is 2.79. The number of aryl methyl sites for hydroxylation is 1. The van der Waals surface area contributed by atoms with E-state index in [-0.39, 0.29) is 16.9 Å². The van der Waals surface area contributed by atoms with E-state index >= 15 is 0 Å². The Morgan fingerprint density at radius 2 is 2.06 bits per heavy atom. The summed E-state index contributed by atoms with van der Waals surface area (Å²) in [6, 6.07) is 5.61. The standard InChI is InChI=1S/C13H13FN2OS/c1-9(18-13-15-7-8-16(13)2)12(17)10-3-5-11(14)6-4-10/h3-9H,1-2H3/t9-/m1/s1. The summed E-state index contributed by atoms with van der Waals surface area (Å²) in [4.78, 5) is 16.3. The number of imidazole rings is 1. The van der Waals surface area contributed by atoms with Crippen molar-refractivity contribution in [1.82, 2.24) is 9.55 Å². The molecule has 0 N–H and O–H groups in total. The summed E-state index contributed by atoms with van der Waals surface area (Å²) in [5.41, 5.74) is 0.519. The van der Waals surface area contributed by atoms with E-state index in [9.17, 15) is 9.18 Å². The number of rotatable bonds is 4. The number of halogens is 1. The van der Waals surface area contributed by atoms with Crippen LogP contribution in [0.15, 0.2) is 41.8 Å². The van der Waals surface area contributed by atoms with Gasteiger partial charge in [0.25, 0.3) is 0 Å². The molecule has 0 bridgehead atoms. The zero-order valence-corrected chi connectivity index (χ0v) is 10.9. The minimum Gasteiger partial charge on any atom is -0.329 e. The molecule has 18 heavy (non-hydrogen) atoms. The van der Waals surface area contributed by atoms with Gasteiger partial charge in [0.15, 0.2) is 10.9 Å². The Balaban J connectivity index is 2.09. The molecule has 5 heteroatoms. The Morgan fingerprint density at radius 1 is 1.39 bits per heavy atom. The van der Waals surface area contributed by atoms with Crippen LogP contribution in [0.3, 0.4) is 0 Å². The summed E-state index contributed by atoms with van der Waals surface area (Å²) >= 11 is 1.39. The second kappa shape index (κ2) is 5.35. The van der Waals surface area contributed by atoms with Crippen LogP contribution in [0.1, 0.15) is 17.3 Å². The quantitative estimate of drug-likeness (QED) is 0.629. The monoisotopic (exact) mass is 264 g/mol. The zero-order valence-electron chi connectivity index (χ0n) is 10.1. The number of carbonyl (C=O) groups is 1. The van der Waals surface area contributed by atoms with Gasteiger partial charge < -0.3 is 4.57 Å². The fourth-order valence-corrected chi connectivity index (χ4v) is 2.43. The molecule has 0 fully saturated rings. The molecule has 2 rings (SSSR count). The van der Waals surface area contributed by atoms with Gasteiger partial charge in [-0.2, -0.15) is 0 Å². The molecule has 3 nitrogen and oxygen atoms in total. The molecular formula is C13H13FN2OS. The van der Waals surface area contributed by atoms with E-state index in [0.717, 1.165) is 5.16 Å². The van der Waals surface area contributed by atoms with Gasteiger partial charge in [0.1, 0.15) is 5.82 Å². The SMILES string of the molecule is C[C@@H](Sc1nccn1C)C(=O)c1ccc(F)cc1. The Hall–Kier alpha value is -1.62. The van der Waals surface area contributed by atoms with E-state index in [1.54, 1.807) is 6.20 Å². The average Bonchev–Trinajstić information content (AvgIpc) is 2.75. The molecule has 1 heterocycles. The molecule has 1 atom stereocenters. The molecule has 0 saturated carbocycles. The third-order valence-electron chi connectivity index (χ3n) is 2.56. The first-order chi connectivity index (χ1) is 8.58. The van der Waals surface area contributed by atoms with Crippen LogP contribution in [-0.4, -0.2) is 20.6 Å². The number of carbonyl (C=O) groups excluding carboxylic acids is 1. The van der Waals surface area contributed by atoms with Crippen LogP contribution < -0.4 is 0 Å². The highest BCUT2D eigenvalue weighted by atomic mass is 32.2. The Bertz CT molecular complexity index is 550. The van der Waals surface area contributed by atoms with Gasteiger partial charge >= 0.3 is 0 Å². The highest BCUT2D eigenvalue weighted by molar-refractivity contribution is 8.00. The van der Waals surface area contributed by atoms with E-state index in [1.165, 1.54) is 36.0 Å². The summed E-state index contributed by atoms with van der Waals surface area (Å²) < 4.78 is 14.6. The van der Waals surface area contributed by atoms with Crippen molar-refractivity contribution in [3.63, 3.8) is 0 Å². The van der Waals surface area contributed by atoms with E-state index in [1.807, 2.05) is 24.7 Å². The lowest BCUT2D eigenvalue weighted by Gasteiger charge is -2.09. The molecule has 1 aromatic carbocycles. The molecular weight excluding hydrogens is 251 g/mol. The lowest BCUT2D eigenvalue weighted by atomic mass is 10.1. The molecule has 1 aromatic heterocycles. The maximum atomic E-state index is 12.8. The number of nitrogens with zero attached hydrogens (tertiary/aromatic N) is 2. The first-order valence-corrected chi connectivity index (χ1v) is 6.39. The number of thioether (sulfide) groups is 1. The molecule has 2 aromatic rings. The van der Waals surface area contributed by atoms with Crippen LogP contribution in [0.4, 0.5) is 4.39 Å². The fraction of sp³-hybridized carbons (Fsp3) is 0.231. The van der Waals surface area contributed by atoms with Gasteiger partial charge in [0.2, 0.25) is 0 Å². The average molecular weight is 264 g/mol. The molecule has 0 aliphatic heterocycles. The van der Waals surface area contributed by atoms with Crippen molar-refractivity contribution in [1.29, 1.82) is 0 Å². The number of hydrogen-bond donors (Lipinski definition) is 0. The largest absolute Gasteiger partial charge is 0.329 e. The number of hydrogen-bond acceptors (Lipinski definition) is 3. The minimum absolute atomic E-state index is 0.0250. The van der Waals surface area contributed by atoms with Crippen LogP contribution >= 0.6 is 11.8 Å². The van der Waals surface area contributed by atoms with Crippen molar-refractivity contribution in [3.05, 3.63) is 48.0 Å². The smallest absolute Gasteiger partial charge is 0.175 e. The van der Waals surface area contributed by atoms with Crippen LogP contribution in [0.2, 0.25) is 0 Å². The van der Waals surface area contributed by atoms with Gasteiger partial charge in [-0.3, -0.25) is 4.79 Å². The van der Waals surface area contributed by atoms with Crippen molar-refractivity contribution >= 4 is 17.5 Å². The molecule has 0 saturated heterocycles. The van der Waals surface area contributed by atoms with E-state index in [4.69, 9.17) is 0 Å². The number of benzene rings is 1. The number of ketones is 1. The summed E-state index contributed by atoms with van der Waals surface area (Å²) in [5, 5.41) is 0.537. The lowest BCUT2D eigenvalue weighted by molar-refractivity contribution is 0.0994. The molecule has 0 spiro atoms. The van der Waals surface area contributed by atoms with Crippen LogP contribution in [0.5, 0.6) is 0 Å². The molecule has 94 valence electrons. The maximum Gasteiger partial charge on any atom is 0.175 e. The van der Waals surface area contributed by atoms with Crippen molar-refractivity contribution in [2.24, 2.45) is 7.05 Å².